The maximum atomic E-state index is 11.9. The Kier molecular flexibility index (Phi) is 10.7. The highest BCUT2D eigenvalue weighted by Gasteiger charge is 2.09. The molecule has 0 radical (unpaired) electrons. The maximum Gasteiger partial charge on any atom is 0.331 e. The lowest BCUT2D eigenvalue weighted by molar-refractivity contribution is -0.146. The molecular formula is C28H28N4O8. The summed E-state index contributed by atoms with van der Waals surface area (Å²) in [5.74, 6) is -1.07. The van der Waals surface area contributed by atoms with Crippen LogP contribution in [0.15, 0.2) is 104 Å². The van der Waals surface area contributed by atoms with Gasteiger partial charge in [0.2, 0.25) is 0 Å². The van der Waals surface area contributed by atoms with E-state index in [0.717, 1.165) is 24.8 Å². The lowest BCUT2D eigenvalue weighted by Gasteiger charge is -2.08. The molecule has 0 saturated carbocycles. The molecule has 0 aliphatic rings. The number of benzene rings is 2. The van der Waals surface area contributed by atoms with Crippen molar-refractivity contribution in [2.75, 3.05) is 0 Å². The summed E-state index contributed by atoms with van der Waals surface area (Å²) in [7, 11) is 0. The number of hydrogen-bond acceptors (Lipinski definition) is 8. The molecule has 0 saturated heterocycles. The second-order valence-corrected chi connectivity index (χ2v) is 8.34. The van der Waals surface area contributed by atoms with Crippen molar-refractivity contribution >= 4 is 11.9 Å². The van der Waals surface area contributed by atoms with E-state index in [9.17, 15) is 28.8 Å². The van der Waals surface area contributed by atoms with Crippen molar-refractivity contribution in [3.05, 3.63) is 138 Å². The molecule has 12 nitrogen and oxygen atoms in total. The van der Waals surface area contributed by atoms with Crippen LogP contribution in [0.4, 0.5) is 0 Å². The molecule has 0 spiro atoms. The zero-order chi connectivity index (χ0) is 28.9. The highest BCUT2D eigenvalue weighted by molar-refractivity contribution is 5.69. The van der Waals surface area contributed by atoms with Gasteiger partial charge < -0.3 is 9.47 Å². The van der Waals surface area contributed by atoms with E-state index < -0.39 is 28.9 Å². The number of rotatable bonds is 9. The predicted octanol–water partition coefficient (Wildman–Crippen LogP) is 1.05. The highest BCUT2D eigenvalue weighted by atomic mass is 16.5. The van der Waals surface area contributed by atoms with E-state index in [2.05, 4.69) is 4.98 Å². The number of nitrogens with zero attached hydrogens (tertiary/aromatic N) is 3. The summed E-state index contributed by atoms with van der Waals surface area (Å²) in [4.78, 5) is 71.0. The van der Waals surface area contributed by atoms with Crippen molar-refractivity contribution in [3.8, 4) is 0 Å². The Labute approximate surface area is 227 Å². The van der Waals surface area contributed by atoms with Crippen molar-refractivity contribution < 1.29 is 19.1 Å². The van der Waals surface area contributed by atoms with Crippen LogP contribution in [0.2, 0.25) is 0 Å². The minimum absolute atomic E-state index is 0.151. The van der Waals surface area contributed by atoms with Gasteiger partial charge in [0.25, 0.3) is 11.1 Å². The number of nitrogens with one attached hydrogen (secondary N) is 1. The molecule has 4 rings (SSSR count). The Hall–Kier alpha value is -5.26. The van der Waals surface area contributed by atoms with E-state index >= 15 is 0 Å². The standard InChI is InChI=1S/C15H16N2O4.C13H12N2O4/c1-2-17-13(18)8-9-16(15(17)20)10-14(19)21-11-12-6-4-3-5-7-12;16-11-6-7-15(13(18)14-11)8-12(17)19-9-10-4-2-1-3-5-10/h3-9H,2,10-11H2,1H3;1-7H,8-9H2,(H,14,16,18). The summed E-state index contributed by atoms with van der Waals surface area (Å²) in [6.07, 6.45) is 2.56. The van der Waals surface area contributed by atoms with Crippen LogP contribution in [0.3, 0.4) is 0 Å². The zero-order valence-corrected chi connectivity index (χ0v) is 21.7. The molecule has 1 N–H and O–H groups in total. The second kappa shape index (κ2) is 14.6. The van der Waals surface area contributed by atoms with Crippen LogP contribution in [-0.2, 0) is 51.9 Å². The molecule has 0 fully saturated rings. The minimum Gasteiger partial charge on any atom is -0.459 e. The molecule has 0 unspecified atom stereocenters. The van der Waals surface area contributed by atoms with Crippen LogP contribution >= 0.6 is 0 Å². The first-order valence-corrected chi connectivity index (χ1v) is 12.3. The summed E-state index contributed by atoms with van der Waals surface area (Å²) in [5.41, 5.74) is -0.289. The number of H-pyrrole nitrogens is 1. The van der Waals surface area contributed by atoms with Crippen LogP contribution in [0.25, 0.3) is 0 Å². The van der Waals surface area contributed by atoms with Crippen molar-refractivity contribution in [1.29, 1.82) is 0 Å². The average Bonchev–Trinajstić information content (AvgIpc) is 2.96. The van der Waals surface area contributed by atoms with Crippen molar-refractivity contribution in [3.63, 3.8) is 0 Å². The summed E-state index contributed by atoms with van der Waals surface area (Å²) >= 11 is 0. The summed E-state index contributed by atoms with van der Waals surface area (Å²) < 4.78 is 13.4. The lowest BCUT2D eigenvalue weighted by Crippen LogP contribution is -2.39. The number of carbonyl (C=O) groups is 2. The Morgan fingerprint density at radius 3 is 1.70 bits per heavy atom. The molecule has 0 bridgehead atoms. The van der Waals surface area contributed by atoms with Gasteiger partial charge in [0.15, 0.2) is 0 Å². The predicted molar refractivity (Wildman–Crippen MR) is 144 cm³/mol. The number of carbonyl (C=O) groups excluding carboxylic acids is 2. The van der Waals surface area contributed by atoms with Crippen LogP contribution < -0.4 is 22.5 Å². The SMILES string of the molecule is CCn1c(=O)ccn(CC(=O)OCc2ccccc2)c1=O.O=C(Cn1ccc(=O)[nH]c1=O)OCc1ccccc1. The lowest BCUT2D eigenvalue weighted by atomic mass is 10.2. The third kappa shape index (κ3) is 8.94. The van der Waals surface area contributed by atoms with Crippen LogP contribution in [0.5, 0.6) is 0 Å². The monoisotopic (exact) mass is 548 g/mol. The van der Waals surface area contributed by atoms with E-state index in [0.29, 0.717) is 0 Å². The number of ether oxygens (including phenoxy) is 2. The zero-order valence-electron chi connectivity index (χ0n) is 21.7. The Bertz CT molecular complexity index is 1650. The van der Waals surface area contributed by atoms with Gasteiger partial charge >= 0.3 is 23.3 Å². The minimum atomic E-state index is -0.635. The molecule has 4 aromatic rings. The summed E-state index contributed by atoms with van der Waals surface area (Å²) in [6.45, 7) is 1.81. The number of hydrogen-bond donors (Lipinski definition) is 1. The van der Waals surface area contributed by atoms with Crippen molar-refractivity contribution in [2.45, 2.75) is 39.8 Å². The third-order valence-corrected chi connectivity index (χ3v) is 5.44. The first-order valence-electron chi connectivity index (χ1n) is 12.3. The third-order valence-electron chi connectivity index (χ3n) is 5.44. The Morgan fingerprint density at radius 2 is 1.20 bits per heavy atom. The first-order chi connectivity index (χ1) is 19.3. The first kappa shape index (κ1) is 29.3. The molecule has 208 valence electrons. The van der Waals surface area contributed by atoms with E-state index in [1.807, 2.05) is 60.7 Å². The molecule has 0 aliphatic heterocycles. The van der Waals surface area contributed by atoms with Gasteiger partial charge in [-0.3, -0.25) is 37.9 Å². The van der Waals surface area contributed by atoms with Gasteiger partial charge in [-0.2, -0.15) is 0 Å². The van der Waals surface area contributed by atoms with Gasteiger partial charge in [-0.05, 0) is 18.1 Å². The molecular weight excluding hydrogens is 520 g/mol. The molecule has 2 heterocycles. The van der Waals surface area contributed by atoms with Crippen molar-refractivity contribution in [1.82, 2.24) is 18.7 Å². The quantitative estimate of drug-likeness (QED) is 0.305. The normalized spacial score (nSPS) is 10.2. The van der Waals surface area contributed by atoms with E-state index in [4.69, 9.17) is 9.47 Å². The van der Waals surface area contributed by atoms with Crippen molar-refractivity contribution in [2.24, 2.45) is 0 Å². The summed E-state index contributed by atoms with van der Waals surface area (Å²) in [6, 6.07) is 20.9. The second-order valence-electron chi connectivity index (χ2n) is 8.34. The molecule has 40 heavy (non-hydrogen) atoms. The fourth-order valence-electron chi connectivity index (χ4n) is 3.38. The van der Waals surface area contributed by atoms with Gasteiger partial charge in [0.1, 0.15) is 26.3 Å². The molecule has 0 aliphatic carbocycles. The van der Waals surface area contributed by atoms with Crippen LogP contribution in [0.1, 0.15) is 18.1 Å². The molecule has 2 aromatic heterocycles. The Balaban J connectivity index is 0.000000222. The van der Waals surface area contributed by atoms with Gasteiger partial charge in [0.05, 0.1) is 0 Å². The van der Waals surface area contributed by atoms with E-state index in [1.165, 1.54) is 24.5 Å². The van der Waals surface area contributed by atoms with Crippen LogP contribution in [0, 0.1) is 0 Å². The van der Waals surface area contributed by atoms with Gasteiger partial charge in [-0.15, -0.1) is 0 Å². The van der Waals surface area contributed by atoms with Gasteiger partial charge in [-0.1, -0.05) is 60.7 Å². The number of esters is 2. The molecule has 2 aromatic carbocycles. The molecule has 0 amide bonds. The fraction of sp³-hybridized carbons (Fsp3) is 0.214. The van der Waals surface area contributed by atoms with Crippen LogP contribution in [-0.4, -0.2) is 30.6 Å². The highest BCUT2D eigenvalue weighted by Crippen LogP contribution is 2.02. The van der Waals surface area contributed by atoms with E-state index in [1.54, 1.807) is 6.92 Å². The summed E-state index contributed by atoms with van der Waals surface area (Å²) in [5, 5.41) is 0. The largest absolute Gasteiger partial charge is 0.459 e. The van der Waals surface area contributed by atoms with Gasteiger partial charge in [0, 0.05) is 31.1 Å². The van der Waals surface area contributed by atoms with E-state index in [-0.39, 0.29) is 38.4 Å². The fourth-order valence-corrected chi connectivity index (χ4v) is 3.38. The molecule has 12 heteroatoms. The maximum absolute atomic E-state index is 11.9. The smallest absolute Gasteiger partial charge is 0.331 e. The number of aromatic amines is 1. The molecule has 0 atom stereocenters. The topological polar surface area (TPSA) is 151 Å². The van der Waals surface area contributed by atoms with Gasteiger partial charge in [-0.25, -0.2) is 9.59 Å². The Morgan fingerprint density at radius 1 is 0.700 bits per heavy atom. The average molecular weight is 549 g/mol. The number of aromatic nitrogens is 4.